The molecular weight excluding hydrogens is 302 g/mol. The Morgan fingerprint density at radius 2 is 1.70 bits per heavy atom. The van der Waals surface area contributed by atoms with Crippen LogP contribution >= 0.6 is 0 Å². The molecule has 0 aliphatic heterocycles. The molecule has 1 aromatic rings. The van der Waals surface area contributed by atoms with E-state index in [0.29, 0.717) is 23.4 Å². The fourth-order valence-corrected chi connectivity index (χ4v) is 2.03. The maximum atomic E-state index is 12.0. The first-order valence-electron chi connectivity index (χ1n) is 7.61. The standard InChI is InChI=1S/C16H23NO6/c1-5-7-8-22-12(18)9-23-16(20)14-10(3)13(11(4)17-14)15(19)21-6-2/h17H,5-9H2,1-4H3. The number of H-pyrrole nitrogens is 1. The fraction of sp³-hybridized carbons (Fsp3) is 0.562. The van der Waals surface area contributed by atoms with Crippen LogP contribution in [0.25, 0.3) is 0 Å². The Hall–Kier alpha value is -2.31. The predicted molar refractivity (Wildman–Crippen MR) is 82.4 cm³/mol. The molecule has 0 atom stereocenters. The van der Waals surface area contributed by atoms with Gasteiger partial charge in [0.05, 0.1) is 18.8 Å². The van der Waals surface area contributed by atoms with Crippen molar-refractivity contribution in [1.82, 2.24) is 4.98 Å². The van der Waals surface area contributed by atoms with Crippen LogP contribution in [0, 0.1) is 13.8 Å². The van der Waals surface area contributed by atoms with Crippen molar-refractivity contribution in [3.05, 3.63) is 22.5 Å². The van der Waals surface area contributed by atoms with Crippen LogP contribution in [0.2, 0.25) is 0 Å². The lowest BCUT2D eigenvalue weighted by atomic mass is 10.1. The van der Waals surface area contributed by atoms with E-state index in [1.807, 2.05) is 6.92 Å². The van der Waals surface area contributed by atoms with Crippen molar-refractivity contribution < 1.29 is 28.6 Å². The zero-order valence-electron chi connectivity index (χ0n) is 14.0. The van der Waals surface area contributed by atoms with Gasteiger partial charge in [-0.15, -0.1) is 0 Å². The maximum Gasteiger partial charge on any atom is 0.355 e. The number of ether oxygens (including phenoxy) is 3. The third kappa shape index (κ3) is 5.12. The average Bonchev–Trinajstić information content (AvgIpc) is 2.80. The minimum atomic E-state index is -0.714. The average molecular weight is 325 g/mol. The van der Waals surface area contributed by atoms with Crippen LogP contribution in [-0.4, -0.2) is 42.7 Å². The lowest BCUT2D eigenvalue weighted by Crippen LogP contribution is -2.18. The van der Waals surface area contributed by atoms with E-state index in [9.17, 15) is 14.4 Å². The van der Waals surface area contributed by atoms with Gasteiger partial charge in [-0.05, 0) is 32.8 Å². The number of esters is 3. The van der Waals surface area contributed by atoms with Crippen molar-refractivity contribution in [1.29, 1.82) is 0 Å². The van der Waals surface area contributed by atoms with Gasteiger partial charge in [0.2, 0.25) is 0 Å². The van der Waals surface area contributed by atoms with Crippen LogP contribution in [0.3, 0.4) is 0 Å². The van der Waals surface area contributed by atoms with Crippen molar-refractivity contribution in [3.8, 4) is 0 Å². The molecule has 0 saturated carbocycles. The van der Waals surface area contributed by atoms with Gasteiger partial charge in [-0.1, -0.05) is 13.3 Å². The Labute approximate surface area is 135 Å². The summed E-state index contributed by atoms with van der Waals surface area (Å²) in [5.74, 6) is -1.82. The van der Waals surface area contributed by atoms with Gasteiger partial charge in [-0.25, -0.2) is 14.4 Å². The van der Waals surface area contributed by atoms with E-state index in [1.165, 1.54) is 0 Å². The van der Waals surface area contributed by atoms with Crippen LogP contribution in [-0.2, 0) is 19.0 Å². The van der Waals surface area contributed by atoms with Crippen LogP contribution < -0.4 is 0 Å². The molecule has 1 rings (SSSR count). The van der Waals surface area contributed by atoms with Gasteiger partial charge in [0.15, 0.2) is 6.61 Å². The minimum absolute atomic E-state index is 0.131. The van der Waals surface area contributed by atoms with E-state index < -0.39 is 24.5 Å². The van der Waals surface area contributed by atoms with E-state index in [2.05, 4.69) is 4.98 Å². The number of carbonyl (C=O) groups excluding carboxylic acids is 3. The van der Waals surface area contributed by atoms with Crippen molar-refractivity contribution in [3.63, 3.8) is 0 Å². The summed E-state index contributed by atoms with van der Waals surface area (Å²) in [7, 11) is 0. The quantitative estimate of drug-likeness (QED) is 0.448. The molecule has 7 heteroatoms. The molecule has 0 bridgehead atoms. The number of carbonyl (C=O) groups is 3. The molecule has 0 amide bonds. The highest BCUT2D eigenvalue weighted by Gasteiger charge is 2.24. The summed E-state index contributed by atoms with van der Waals surface area (Å²) >= 11 is 0. The number of hydrogen-bond donors (Lipinski definition) is 1. The first-order chi connectivity index (χ1) is 10.9. The Morgan fingerprint density at radius 3 is 2.30 bits per heavy atom. The molecule has 0 saturated heterocycles. The van der Waals surface area contributed by atoms with Gasteiger partial charge < -0.3 is 19.2 Å². The van der Waals surface area contributed by atoms with Gasteiger partial charge in [0, 0.05) is 5.69 Å². The Bertz CT molecular complexity index is 575. The van der Waals surface area contributed by atoms with Crippen LogP contribution in [0.4, 0.5) is 0 Å². The highest BCUT2D eigenvalue weighted by atomic mass is 16.6. The summed E-state index contributed by atoms with van der Waals surface area (Å²) < 4.78 is 14.8. The van der Waals surface area contributed by atoms with Crippen LogP contribution in [0.15, 0.2) is 0 Å². The predicted octanol–water partition coefficient (Wildman–Crippen LogP) is 2.31. The first kappa shape index (κ1) is 18.7. The lowest BCUT2D eigenvalue weighted by molar-refractivity contribution is -0.147. The van der Waals surface area contributed by atoms with Gasteiger partial charge in [0.25, 0.3) is 0 Å². The monoisotopic (exact) mass is 325 g/mol. The lowest BCUT2D eigenvalue weighted by Gasteiger charge is -2.05. The second-order valence-corrected chi connectivity index (χ2v) is 5.00. The smallest absolute Gasteiger partial charge is 0.355 e. The van der Waals surface area contributed by atoms with E-state index in [1.54, 1.807) is 20.8 Å². The molecule has 0 aromatic carbocycles. The molecule has 0 aliphatic rings. The number of rotatable bonds is 8. The van der Waals surface area contributed by atoms with E-state index in [0.717, 1.165) is 12.8 Å². The van der Waals surface area contributed by atoms with Crippen LogP contribution in [0.1, 0.15) is 58.8 Å². The minimum Gasteiger partial charge on any atom is -0.463 e. The third-order valence-electron chi connectivity index (χ3n) is 3.20. The molecule has 1 N–H and O–H groups in total. The SMILES string of the molecule is CCCCOC(=O)COC(=O)c1[nH]c(C)c(C(=O)OCC)c1C. The van der Waals surface area contributed by atoms with Gasteiger partial charge in [-0.3, -0.25) is 0 Å². The van der Waals surface area contributed by atoms with Crippen LogP contribution in [0.5, 0.6) is 0 Å². The second-order valence-electron chi connectivity index (χ2n) is 5.00. The first-order valence-corrected chi connectivity index (χ1v) is 7.61. The summed E-state index contributed by atoms with van der Waals surface area (Å²) in [5.41, 5.74) is 1.39. The topological polar surface area (TPSA) is 94.7 Å². The number of unbranched alkanes of at least 4 members (excludes halogenated alkanes) is 1. The number of aryl methyl sites for hydroxylation is 1. The normalized spacial score (nSPS) is 10.3. The Morgan fingerprint density at radius 1 is 1.00 bits per heavy atom. The molecule has 0 unspecified atom stereocenters. The highest BCUT2D eigenvalue weighted by Crippen LogP contribution is 2.19. The molecule has 7 nitrogen and oxygen atoms in total. The van der Waals surface area contributed by atoms with Crippen molar-refractivity contribution in [2.75, 3.05) is 19.8 Å². The third-order valence-corrected chi connectivity index (χ3v) is 3.20. The molecule has 0 aliphatic carbocycles. The maximum absolute atomic E-state index is 12.0. The molecule has 0 radical (unpaired) electrons. The van der Waals surface area contributed by atoms with Gasteiger partial charge >= 0.3 is 17.9 Å². The van der Waals surface area contributed by atoms with E-state index in [4.69, 9.17) is 14.2 Å². The van der Waals surface area contributed by atoms with Crippen molar-refractivity contribution in [2.24, 2.45) is 0 Å². The molecular formula is C16H23NO6. The zero-order valence-corrected chi connectivity index (χ0v) is 14.0. The largest absolute Gasteiger partial charge is 0.463 e. The fourth-order valence-electron chi connectivity index (χ4n) is 2.03. The number of aromatic amines is 1. The summed E-state index contributed by atoms with van der Waals surface area (Å²) in [5, 5.41) is 0. The summed E-state index contributed by atoms with van der Waals surface area (Å²) in [6.07, 6.45) is 1.67. The molecule has 23 heavy (non-hydrogen) atoms. The van der Waals surface area contributed by atoms with Crippen molar-refractivity contribution >= 4 is 17.9 Å². The highest BCUT2D eigenvalue weighted by molar-refractivity contribution is 5.98. The second kappa shape index (κ2) is 8.97. The van der Waals surface area contributed by atoms with Gasteiger partial charge in [-0.2, -0.15) is 0 Å². The summed E-state index contributed by atoms with van der Waals surface area (Å²) in [4.78, 5) is 38.1. The van der Waals surface area contributed by atoms with Gasteiger partial charge in [0.1, 0.15) is 5.69 Å². The molecule has 0 fully saturated rings. The summed E-state index contributed by atoms with van der Waals surface area (Å²) in [6, 6.07) is 0. The Kier molecular flexibility index (Phi) is 7.31. The number of aromatic nitrogens is 1. The zero-order chi connectivity index (χ0) is 17.4. The van der Waals surface area contributed by atoms with E-state index in [-0.39, 0.29) is 12.3 Å². The molecule has 0 spiro atoms. The Balaban J connectivity index is 2.69. The molecule has 1 heterocycles. The molecule has 1 aromatic heterocycles. The number of nitrogens with one attached hydrogen (secondary N) is 1. The van der Waals surface area contributed by atoms with E-state index >= 15 is 0 Å². The van der Waals surface area contributed by atoms with Crippen molar-refractivity contribution in [2.45, 2.75) is 40.5 Å². The summed E-state index contributed by atoms with van der Waals surface area (Å²) in [6.45, 7) is 7.04. The number of hydrogen-bond acceptors (Lipinski definition) is 6. The molecule has 128 valence electrons.